The molecule has 0 saturated carbocycles. The van der Waals surface area contributed by atoms with E-state index in [1.54, 1.807) is 7.05 Å². The van der Waals surface area contributed by atoms with E-state index < -0.39 is 12.0 Å². The number of carboxylic acids is 1. The van der Waals surface area contributed by atoms with Crippen molar-refractivity contribution in [2.45, 2.75) is 6.04 Å². The molecule has 0 spiro atoms. The van der Waals surface area contributed by atoms with Gasteiger partial charge in [0.25, 0.3) is 0 Å². The number of hydrogen-bond acceptors (Lipinski definition) is 4. The van der Waals surface area contributed by atoms with Gasteiger partial charge in [-0.2, -0.15) is 0 Å². The maximum Gasteiger partial charge on any atom is 0.325 e. The van der Waals surface area contributed by atoms with Crippen molar-refractivity contribution in [3.8, 4) is 5.75 Å². The molecular weight excluding hydrogens is 246 g/mol. The van der Waals surface area contributed by atoms with Crippen molar-refractivity contribution in [3.63, 3.8) is 0 Å². The van der Waals surface area contributed by atoms with Crippen LogP contribution in [-0.4, -0.2) is 46.4 Å². The molecule has 0 fully saturated rings. The summed E-state index contributed by atoms with van der Waals surface area (Å²) in [5.41, 5.74) is 0.209. The molecule has 1 aromatic carbocycles. The fourth-order valence-electron chi connectivity index (χ4n) is 1.59. The minimum absolute atomic E-state index is 0.133. The van der Waals surface area contributed by atoms with E-state index in [-0.39, 0.29) is 24.5 Å². The van der Waals surface area contributed by atoms with E-state index in [9.17, 15) is 9.90 Å². The van der Waals surface area contributed by atoms with Crippen molar-refractivity contribution in [1.29, 1.82) is 0 Å². The highest BCUT2D eigenvalue weighted by molar-refractivity contribution is 6.30. The molecule has 0 bridgehead atoms. The minimum atomic E-state index is -1.11. The van der Waals surface area contributed by atoms with Crippen LogP contribution in [0.25, 0.3) is 0 Å². The van der Waals surface area contributed by atoms with Crippen LogP contribution in [0.2, 0.25) is 5.02 Å². The number of carbonyl (C=O) groups is 1. The first kappa shape index (κ1) is 13.8. The van der Waals surface area contributed by atoms with E-state index in [0.29, 0.717) is 5.02 Å². The van der Waals surface area contributed by atoms with Crippen molar-refractivity contribution in [2.24, 2.45) is 0 Å². The third kappa shape index (κ3) is 3.33. The summed E-state index contributed by atoms with van der Waals surface area (Å²) < 4.78 is 0. The van der Waals surface area contributed by atoms with Gasteiger partial charge in [-0.25, -0.2) is 0 Å². The number of halogens is 1. The van der Waals surface area contributed by atoms with Crippen molar-refractivity contribution < 1.29 is 20.1 Å². The molecule has 0 aliphatic rings. The van der Waals surface area contributed by atoms with Crippen LogP contribution in [0.5, 0.6) is 5.75 Å². The van der Waals surface area contributed by atoms with Gasteiger partial charge in [0.1, 0.15) is 11.8 Å². The summed E-state index contributed by atoms with van der Waals surface area (Å²) in [5.74, 6) is -1.25. The topological polar surface area (TPSA) is 81.0 Å². The zero-order valence-corrected chi connectivity index (χ0v) is 10.1. The maximum absolute atomic E-state index is 11.2. The molecule has 5 nitrogen and oxygen atoms in total. The van der Waals surface area contributed by atoms with E-state index in [2.05, 4.69) is 0 Å². The van der Waals surface area contributed by atoms with Crippen LogP contribution in [0.15, 0.2) is 18.2 Å². The summed E-state index contributed by atoms with van der Waals surface area (Å²) in [6.45, 7) is 0.0184. The molecule has 0 aliphatic carbocycles. The Kier molecular flexibility index (Phi) is 4.74. The first-order valence-electron chi connectivity index (χ1n) is 4.99. The second kappa shape index (κ2) is 5.86. The van der Waals surface area contributed by atoms with Gasteiger partial charge in [0.05, 0.1) is 6.61 Å². The third-order valence-corrected chi connectivity index (χ3v) is 2.65. The molecule has 0 amide bonds. The average molecular weight is 260 g/mol. The van der Waals surface area contributed by atoms with Crippen LogP contribution in [-0.2, 0) is 4.79 Å². The molecule has 0 heterocycles. The lowest BCUT2D eigenvalue weighted by Crippen LogP contribution is -2.33. The Morgan fingerprint density at radius 3 is 2.71 bits per heavy atom. The molecule has 1 unspecified atom stereocenters. The Labute approximate surface area is 104 Å². The number of phenolic OH excluding ortho intramolecular Hbond substituents is 1. The monoisotopic (exact) mass is 259 g/mol. The molecule has 0 saturated heterocycles. The quantitative estimate of drug-likeness (QED) is 0.738. The van der Waals surface area contributed by atoms with E-state index in [1.165, 1.54) is 23.1 Å². The van der Waals surface area contributed by atoms with Crippen LogP contribution >= 0.6 is 11.6 Å². The van der Waals surface area contributed by atoms with Gasteiger partial charge in [0, 0.05) is 17.1 Å². The predicted molar refractivity (Wildman–Crippen MR) is 63.2 cm³/mol. The number of aliphatic carboxylic acids is 1. The Hall–Kier alpha value is -1.30. The van der Waals surface area contributed by atoms with Gasteiger partial charge in [0.15, 0.2) is 0 Å². The van der Waals surface area contributed by atoms with Crippen LogP contribution in [0.3, 0.4) is 0 Å². The SMILES string of the molecule is CN(CCO)C(C(=O)O)c1cc(Cl)ccc1O. The zero-order chi connectivity index (χ0) is 13.0. The van der Waals surface area contributed by atoms with Gasteiger partial charge < -0.3 is 15.3 Å². The number of phenols is 1. The molecule has 17 heavy (non-hydrogen) atoms. The van der Waals surface area contributed by atoms with Gasteiger partial charge in [-0.1, -0.05) is 11.6 Å². The third-order valence-electron chi connectivity index (χ3n) is 2.41. The average Bonchev–Trinajstić information content (AvgIpc) is 2.23. The summed E-state index contributed by atoms with van der Waals surface area (Å²) in [7, 11) is 1.55. The Bertz CT molecular complexity index is 410. The molecule has 0 aromatic heterocycles. The smallest absolute Gasteiger partial charge is 0.325 e. The van der Waals surface area contributed by atoms with E-state index in [0.717, 1.165) is 0 Å². The molecule has 1 atom stereocenters. The minimum Gasteiger partial charge on any atom is -0.508 e. The first-order valence-corrected chi connectivity index (χ1v) is 5.37. The van der Waals surface area contributed by atoms with E-state index in [4.69, 9.17) is 21.8 Å². The summed E-state index contributed by atoms with van der Waals surface area (Å²) in [5, 5.41) is 28.0. The molecule has 1 aromatic rings. The normalized spacial score (nSPS) is 12.7. The number of rotatable bonds is 5. The number of benzene rings is 1. The Balaban J connectivity index is 3.13. The first-order chi connectivity index (χ1) is 7.97. The molecule has 0 aliphatic heterocycles. The van der Waals surface area contributed by atoms with Crippen LogP contribution in [0.1, 0.15) is 11.6 Å². The molecule has 94 valence electrons. The molecule has 0 radical (unpaired) electrons. The van der Waals surface area contributed by atoms with Crippen molar-refractivity contribution in [3.05, 3.63) is 28.8 Å². The van der Waals surface area contributed by atoms with Gasteiger partial charge in [-0.15, -0.1) is 0 Å². The lowest BCUT2D eigenvalue weighted by molar-refractivity contribution is -0.143. The van der Waals surface area contributed by atoms with Gasteiger partial charge in [0.2, 0.25) is 0 Å². The number of likely N-dealkylation sites (N-methyl/N-ethyl adjacent to an activating group) is 1. The highest BCUT2D eigenvalue weighted by Gasteiger charge is 2.27. The van der Waals surface area contributed by atoms with Gasteiger partial charge in [-0.05, 0) is 25.2 Å². The fourth-order valence-corrected chi connectivity index (χ4v) is 1.77. The van der Waals surface area contributed by atoms with Crippen LogP contribution < -0.4 is 0 Å². The molecule has 1 rings (SSSR count). The van der Waals surface area contributed by atoms with Gasteiger partial charge in [-0.3, -0.25) is 9.69 Å². The number of aliphatic hydroxyl groups excluding tert-OH is 1. The largest absolute Gasteiger partial charge is 0.508 e. The summed E-state index contributed by atoms with van der Waals surface area (Å²) in [6, 6.07) is 3.19. The van der Waals surface area contributed by atoms with E-state index >= 15 is 0 Å². The molecular formula is C11H14ClNO4. The summed E-state index contributed by atoms with van der Waals surface area (Å²) in [4.78, 5) is 12.6. The second-order valence-corrected chi connectivity index (χ2v) is 4.08. The van der Waals surface area contributed by atoms with Gasteiger partial charge >= 0.3 is 5.97 Å². The number of aromatic hydroxyl groups is 1. The highest BCUT2D eigenvalue weighted by Crippen LogP contribution is 2.30. The molecule has 6 heteroatoms. The number of aliphatic hydroxyl groups is 1. The standard InChI is InChI=1S/C11H14ClNO4/c1-13(4-5-14)10(11(16)17)8-6-7(12)2-3-9(8)15/h2-3,6,10,14-15H,4-5H2,1H3,(H,16,17). The lowest BCUT2D eigenvalue weighted by atomic mass is 10.0. The maximum atomic E-state index is 11.2. The Morgan fingerprint density at radius 1 is 1.53 bits per heavy atom. The highest BCUT2D eigenvalue weighted by atomic mass is 35.5. The van der Waals surface area contributed by atoms with Crippen LogP contribution in [0, 0.1) is 0 Å². The second-order valence-electron chi connectivity index (χ2n) is 3.65. The van der Waals surface area contributed by atoms with Crippen molar-refractivity contribution in [1.82, 2.24) is 4.90 Å². The summed E-state index contributed by atoms with van der Waals surface area (Å²) in [6.07, 6.45) is 0. The fraction of sp³-hybridized carbons (Fsp3) is 0.364. The van der Waals surface area contributed by atoms with Crippen molar-refractivity contribution in [2.75, 3.05) is 20.2 Å². The number of carboxylic acid groups (broad SMARTS) is 1. The predicted octanol–water partition coefficient (Wildman–Crippen LogP) is 1.10. The number of hydrogen-bond donors (Lipinski definition) is 3. The van der Waals surface area contributed by atoms with Crippen LogP contribution in [0.4, 0.5) is 0 Å². The molecule has 3 N–H and O–H groups in total. The van der Waals surface area contributed by atoms with E-state index in [1.807, 2.05) is 0 Å². The lowest BCUT2D eigenvalue weighted by Gasteiger charge is -2.24. The van der Waals surface area contributed by atoms with Crippen molar-refractivity contribution >= 4 is 17.6 Å². The Morgan fingerprint density at radius 2 is 2.18 bits per heavy atom. The zero-order valence-electron chi connectivity index (χ0n) is 9.30. The number of nitrogens with zero attached hydrogens (tertiary/aromatic N) is 1. The summed E-state index contributed by atoms with van der Waals surface area (Å²) >= 11 is 5.78.